The van der Waals surface area contributed by atoms with Crippen LogP contribution in [0.2, 0.25) is 0 Å². The number of alkyl halides is 1. The summed E-state index contributed by atoms with van der Waals surface area (Å²) in [6.07, 6.45) is -0.0838. The lowest BCUT2D eigenvalue weighted by Gasteiger charge is -2.19. The fourth-order valence-corrected chi connectivity index (χ4v) is 2.48. The van der Waals surface area contributed by atoms with Gasteiger partial charge in [0.15, 0.2) is 0 Å². The second-order valence-corrected chi connectivity index (χ2v) is 5.30. The molecule has 0 radical (unpaired) electrons. The predicted molar refractivity (Wildman–Crippen MR) is 66.1 cm³/mol. The van der Waals surface area contributed by atoms with Crippen LogP contribution < -0.4 is 4.90 Å². The van der Waals surface area contributed by atoms with E-state index in [1.54, 1.807) is 0 Å². The van der Waals surface area contributed by atoms with Crippen molar-refractivity contribution in [2.24, 2.45) is 0 Å². The number of pyridine rings is 1. The Labute approximate surface area is 105 Å². The quantitative estimate of drug-likeness (QED) is 0.729. The van der Waals surface area contributed by atoms with Gasteiger partial charge in [0.05, 0.1) is 15.9 Å². The van der Waals surface area contributed by atoms with Crippen LogP contribution in [-0.2, 0) is 0 Å². The zero-order valence-corrected chi connectivity index (χ0v) is 11.5. The van der Waals surface area contributed by atoms with Gasteiger partial charge in [0.2, 0.25) is 0 Å². The molecule has 0 N–H and O–H groups in total. The Kier molecular flexibility index (Phi) is 3.30. The van der Waals surface area contributed by atoms with Gasteiger partial charge in [0.25, 0.3) is 0 Å². The first kappa shape index (κ1) is 11.3. The standard InChI is InChI=1S/C10H11Br2FN2/c1-6-9(4-8(11)10(12)14-6)15-3-2-7(13)5-15/h4,7H,2-3,5H2,1H3/t7-/m1/s1. The maximum Gasteiger partial charge on any atom is 0.120 e. The molecule has 0 saturated carbocycles. The summed E-state index contributed by atoms with van der Waals surface area (Å²) in [7, 11) is 0. The minimum absolute atomic E-state index is 0.483. The van der Waals surface area contributed by atoms with Crippen LogP contribution in [0.4, 0.5) is 10.1 Å². The van der Waals surface area contributed by atoms with E-state index in [0.717, 1.165) is 27.0 Å². The van der Waals surface area contributed by atoms with Gasteiger partial charge in [-0.25, -0.2) is 9.37 Å². The molecular formula is C10H11Br2FN2. The highest BCUT2D eigenvalue weighted by molar-refractivity contribution is 9.13. The van der Waals surface area contributed by atoms with E-state index in [9.17, 15) is 4.39 Å². The molecule has 15 heavy (non-hydrogen) atoms. The predicted octanol–water partition coefficient (Wildman–Crippen LogP) is 3.46. The van der Waals surface area contributed by atoms with E-state index in [0.29, 0.717) is 13.0 Å². The van der Waals surface area contributed by atoms with Crippen molar-refractivity contribution in [1.82, 2.24) is 4.98 Å². The Hall–Kier alpha value is -0.160. The van der Waals surface area contributed by atoms with E-state index < -0.39 is 6.17 Å². The van der Waals surface area contributed by atoms with Crippen LogP contribution in [0.25, 0.3) is 0 Å². The molecular weight excluding hydrogens is 327 g/mol. The van der Waals surface area contributed by atoms with E-state index in [-0.39, 0.29) is 0 Å². The molecule has 1 atom stereocenters. The van der Waals surface area contributed by atoms with Crippen molar-refractivity contribution in [3.63, 3.8) is 0 Å². The van der Waals surface area contributed by atoms with Crippen LogP contribution in [-0.4, -0.2) is 24.2 Å². The highest BCUT2D eigenvalue weighted by Crippen LogP contribution is 2.30. The highest BCUT2D eigenvalue weighted by Gasteiger charge is 2.23. The zero-order chi connectivity index (χ0) is 11.0. The Morgan fingerprint density at radius 1 is 1.53 bits per heavy atom. The second kappa shape index (κ2) is 4.37. The molecule has 0 unspecified atom stereocenters. The molecule has 0 bridgehead atoms. The first-order valence-electron chi connectivity index (χ1n) is 4.79. The molecule has 82 valence electrons. The van der Waals surface area contributed by atoms with Crippen molar-refractivity contribution >= 4 is 37.5 Å². The fraction of sp³-hybridized carbons (Fsp3) is 0.500. The Morgan fingerprint density at radius 3 is 2.87 bits per heavy atom. The first-order valence-corrected chi connectivity index (χ1v) is 6.38. The van der Waals surface area contributed by atoms with Gasteiger partial charge in [-0.15, -0.1) is 0 Å². The van der Waals surface area contributed by atoms with Crippen LogP contribution in [0.15, 0.2) is 15.1 Å². The van der Waals surface area contributed by atoms with Crippen LogP contribution in [0.3, 0.4) is 0 Å². The number of hydrogen-bond donors (Lipinski definition) is 0. The van der Waals surface area contributed by atoms with Gasteiger partial charge >= 0.3 is 0 Å². The van der Waals surface area contributed by atoms with Gasteiger partial charge in [-0.1, -0.05) is 0 Å². The number of nitrogens with zero attached hydrogens (tertiary/aromatic N) is 2. The summed E-state index contributed by atoms with van der Waals surface area (Å²) in [5.74, 6) is 0. The van der Waals surface area contributed by atoms with Crippen molar-refractivity contribution in [3.8, 4) is 0 Å². The Morgan fingerprint density at radius 2 is 2.27 bits per heavy atom. The lowest BCUT2D eigenvalue weighted by molar-refractivity contribution is 0.364. The van der Waals surface area contributed by atoms with Crippen molar-refractivity contribution in [2.45, 2.75) is 19.5 Å². The molecule has 0 spiro atoms. The molecule has 5 heteroatoms. The molecule has 1 fully saturated rings. The minimum Gasteiger partial charge on any atom is -0.367 e. The van der Waals surface area contributed by atoms with Crippen molar-refractivity contribution in [2.75, 3.05) is 18.0 Å². The molecule has 0 amide bonds. The molecule has 1 saturated heterocycles. The summed E-state index contributed by atoms with van der Waals surface area (Å²) in [5, 5.41) is 0. The zero-order valence-electron chi connectivity index (χ0n) is 8.30. The first-order chi connectivity index (χ1) is 7.08. The third-order valence-electron chi connectivity index (χ3n) is 2.57. The molecule has 1 aliphatic heterocycles. The van der Waals surface area contributed by atoms with E-state index in [1.165, 1.54) is 0 Å². The van der Waals surface area contributed by atoms with Gasteiger partial charge in [-0.05, 0) is 51.3 Å². The van der Waals surface area contributed by atoms with E-state index in [1.807, 2.05) is 17.9 Å². The summed E-state index contributed by atoms with van der Waals surface area (Å²) in [4.78, 5) is 6.39. The van der Waals surface area contributed by atoms with Crippen LogP contribution in [0.5, 0.6) is 0 Å². The normalized spacial score (nSPS) is 21.1. The van der Waals surface area contributed by atoms with Crippen LogP contribution in [0, 0.1) is 6.92 Å². The molecule has 1 aromatic rings. The van der Waals surface area contributed by atoms with Gasteiger partial charge in [-0.3, -0.25) is 0 Å². The monoisotopic (exact) mass is 336 g/mol. The summed E-state index contributed by atoms with van der Waals surface area (Å²) >= 11 is 6.76. The summed E-state index contributed by atoms with van der Waals surface area (Å²) in [6, 6.07) is 1.99. The smallest absolute Gasteiger partial charge is 0.120 e. The number of anilines is 1. The maximum atomic E-state index is 13.1. The van der Waals surface area contributed by atoms with Gasteiger partial charge in [0, 0.05) is 13.1 Å². The van der Waals surface area contributed by atoms with Crippen molar-refractivity contribution in [3.05, 3.63) is 20.8 Å². The van der Waals surface area contributed by atoms with Crippen LogP contribution in [0.1, 0.15) is 12.1 Å². The number of halogens is 3. The van der Waals surface area contributed by atoms with E-state index in [2.05, 4.69) is 36.8 Å². The summed E-state index contributed by atoms with van der Waals surface area (Å²) in [6.45, 7) is 3.20. The van der Waals surface area contributed by atoms with Crippen LogP contribution >= 0.6 is 31.9 Å². The average Bonchev–Trinajstić information content (AvgIpc) is 2.58. The maximum absolute atomic E-state index is 13.1. The van der Waals surface area contributed by atoms with Gasteiger partial charge < -0.3 is 4.90 Å². The Bertz CT molecular complexity index is 384. The Balaban J connectivity index is 2.32. The van der Waals surface area contributed by atoms with Gasteiger partial charge in [0.1, 0.15) is 10.8 Å². The topological polar surface area (TPSA) is 16.1 Å². The SMILES string of the molecule is Cc1nc(Br)c(Br)cc1N1CC[C@@H](F)C1. The summed E-state index contributed by atoms with van der Waals surface area (Å²) < 4.78 is 14.8. The van der Waals surface area contributed by atoms with E-state index in [4.69, 9.17) is 0 Å². The number of hydrogen-bond acceptors (Lipinski definition) is 2. The third kappa shape index (κ3) is 2.33. The van der Waals surface area contributed by atoms with Gasteiger partial charge in [-0.2, -0.15) is 0 Å². The summed E-state index contributed by atoms with van der Waals surface area (Å²) in [5.41, 5.74) is 1.95. The molecule has 1 aliphatic rings. The molecule has 2 heterocycles. The number of aryl methyl sites for hydroxylation is 1. The van der Waals surface area contributed by atoms with E-state index >= 15 is 0 Å². The molecule has 0 aromatic carbocycles. The molecule has 1 aromatic heterocycles. The molecule has 0 aliphatic carbocycles. The molecule has 2 rings (SSSR count). The average molecular weight is 338 g/mol. The number of rotatable bonds is 1. The third-order valence-corrected chi connectivity index (χ3v) is 4.31. The lowest BCUT2D eigenvalue weighted by atomic mass is 10.3. The largest absolute Gasteiger partial charge is 0.367 e. The fourth-order valence-electron chi connectivity index (χ4n) is 1.80. The minimum atomic E-state index is -0.702. The second-order valence-electron chi connectivity index (χ2n) is 3.70. The van der Waals surface area contributed by atoms with Crippen molar-refractivity contribution < 1.29 is 4.39 Å². The lowest BCUT2D eigenvalue weighted by Crippen LogP contribution is -2.21. The van der Waals surface area contributed by atoms with Crippen molar-refractivity contribution in [1.29, 1.82) is 0 Å². The number of aromatic nitrogens is 1. The highest BCUT2D eigenvalue weighted by atomic mass is 79.9. The molecule has 2 nitrogen and oxygen atoms in total.